The highest BCUT2D eigenvalue weighted by Gasteiger charge is 2.29. The van der Waals surface area contributed by atoms with Crippen molar-refractivity contribution < 1.29 is 13.2 Å². The first-order chi connectivity index (χ1) is 10.9. The maximum atomic E-state index is 12.1. The maximum absolute atomic E-state index is 12.1. The van der Waals surface area contributed by atoms with Crippen LogP contribution in [0.15, 0.2) is 24.5 Å². The zero-order chi connectivity index (χ0) is 16.4. The monoisotopic (exact) mass is 351 g/mol. The summed E-state index contributed by atoms with van der Waals surface area (Å²) in [7, 11) is -2.98. The average Bonchev–Trinajstić information content (AvgIpc) is 3.03. The van der Waals surface area contributed by atoms with Crippen LogP contribution >= 0.6 is 11.3 Å². The van der Waals surface area contributed by atoms with Gasteiger partial charge in [0.2, 0.25) is 5.91 Å². The third-order valence-corrected chi connectivity index (χ3v) is 6.71. The van der Waals surface area contributed by atoms with E-state index in [4.69, 9.17) is 0 Å². The summed E-state index contributed by atoms with van der Waals surface area (Å²) in [5.74, 6) is 0.0481. The van der Waals surface area contributed by atoms with Crippen molar-refractivity contribution in [3.8, 4) is 10.6 Å². The number of carbonyl (C=O) groups excluding carboxylic acids is 1. The van der Waals surface area contributed by atoms with E-state index in [1.807, 2.05) is 19.1 Å². The van der Waals surface area contributed by atoms with E-state index in [1.165, 1.54) is 11.3 Å². The normalized spacial score (nSPS) is 19.6. The first-order valence-electron chi connectivity index (χ1n) is 7.29. The maximum Gasteiger partial charge on any atom is 0.225 e. The molecule has 2 aromatic heterocycles. The van der Waals surface area contributed by atoms with Crippen molar-refractivity contribution in [1.82, 2.24) is 15.3 Å². The minimum Gasteiger partial charge on any atom is -0.352 e. The second-order valence-electron chi connectivity index (χ2n) is 5.61. The quantitative estimate of drug-likeness (QED) is 0.898. The fourth-order valence-corrected chi connectivity index (χ4v) is 5.28. The molecule has 0 spiro atoms. The van der Waals surface area contributed by atoms with Gasteiger partial charge < -0.3 is 5.32 Å². The summed E-state index contributed by atoms with van der Waals surface area (Å²) in [5.41, 5.74) is 1.80. The van der Waals surface area contributed by atoms with Crippen molar-refractivity contribution in [3.63, 3.8) is 0 Å². The Morgan fingerprint density at radius 1 is 1.39 bits per heavy atom. The number of carbonyl (C=O) groups is 1. The van der Waals surface area contributed by atoms with Gasteiger partial charge in [-0.1, -0.05) is 0 Å². The Bertz CT molecular complexity index is 816. The fourth-order valence-electron chi connectivity index (χ4n) is 2.54. The molecule has 122 valence electrons. The molecule has 6 nitrogen and oxygen atoms in total. The Hall–Kier alpha value is -1.80. The number of pyridine rings is 1. The molecule has 1 N–H and O–H groups in total. The number of thiazole rings is 1. The van der Waals surface area contributed by atoms with Crippen LogP contribution in [0.25, 0.3) is 10.6 Å². The van der Waals surface area contributed by atoms with E-state index in [-0.39, 0.29) is 29.9 Å². The summed E-state index contributed by atoms with van der Waals surface area (Å²) in [5, 5.41) is 3.67. The van der Waals surface area contributed by atoms with Crippen LogP contribution in [0, 0.1) is 6.92 Å². The van der Waals surface area contributed by atoms with Crippen LogP contribution in [-0.4, -0.2) is 41.8 Å². The lowest BCUT2D eigenvalue weighted by molar-refractivity contribution is -0.120. The van der Waals surface area contributed by atoms with Gasteiger partial charge in [-0.2, -0.15) is 0 Å². The van der Waals surface area contributed by atoms with Gasteiger partial charge in [-0.05, 0) is 25.5 Å². The van der Waals surface area contributed by atoms with Gasteiger partial charge in [-0.3, -0.25) is 9.78 Å². The van der Waals surface area contributed by atoms with E-state index in [2.05, 4.69) is 15.3 Å². The summed E-state index contributed by atoms with van der Waals surface area (Å²) in [4.78, 5) is 21.5. The molecule has 0 bridgehead atoms. The van der Waals surface area contributed by atoms with Crippen molar-refractivity contribution in [2.24, 2.45) is 0 Å². The minimum atomic E-state index is -2.98. The predicted octanol–water partition coefficient (Wildman–Crippen LogP) is 1.36. The van der Waals surface area contributed by atoms with Crippen molar-refractivity contribution >= 4 is 27.1 Å². The molecule has 8 heteroatoms. The summed E-state index contributed by atoms with van der Waals surface area (Å²) >= 11 is 1.48. The fraction of sp³-hybridized carbons (Fsp3) is 0.400. The predicted molar refractivity (Wildman–Crippen MR) is 89.0 cm³/mol. The Morgan fingerprint density at radius 3 is 2.78 bits per heavy atom. The lowest BCUT2D eigenvalue weighted by Gasteiger charge is -2.10. The Labute approximate surface area is 138 Å². The molecule has 1 saturated heterocycles. The Morgan fingerprint density at radius 2 is 2.13 bits per heavy atom. The number of sulfone groups is 1. The molecule has 1 aliphatic rings. The van der Waals surface area contributed by atoms with E-state index in [9.17, 15) is 13.2 Å². The SMILES string of the molecule is Cc1nc(-c2ccncc2)sc1CC(=O)NC1CCS(=O)(=O)C1. The summed E-state index contributed by atoms with van der Waals surface area (Å²) in [6, 6.07) is 3.50. The van der Waals surface area contributed by atoms with Crippen LogP contribution in [0.4, 0.5) is 0 Å². The van der Waals surface area contributed by atoms with Gasteiger partial charge in [0.15, 0.2) is 9.84 Å². The molecule has 1 unspecified atom stereocenters. The molecular formula is C15H17N3O3S2. The molecule has 1 amide bonds. The van der Waals surface area contributed by atoms with E-state index in [0.29, 0.717) is 6.42 Å². The zero-order valence-corrected chi connectivity index (χ0v) is 14.3. The third-order valence-electron chi connectivity index (χ3n) is 3.74. The Balaban J connectivity index is 1.66. The standard InChI is InChI=1S/C15H17N3O3S2/c1-10-13(22-15(17-10)11-2-5-16-6-3-11)8-14(19)18-12-4-7-23(20,21)9-12/h2-3,5-6,12H,4,7-9H2,1H3,(H,18,19). The third kappa shape index (κ3) is 3.94. The van der Waals surface area contributed by atoms with Gasteiger partial charge in [0, 0.05) is 28.9 Å². The first kappa shape index (κ1) is 16.1. The number of nitrogens with one attached hydrogen (secondary N) is 1. The van der Waals surface area contributed by atoms with E-state index in [0.717, 1.165) is 21.1 Å². The van der Waals surface area contributed by atoms with Crippen molar-refractivity contribution in [1.29, 1.82) is 0 Å². The molecule has 0 aromatic carbocycles. The smallest absolute Gasteiger partial charge is 0.225 e. The lowest BCUT2D eigenvalue weighted by atomic mass is 10.2. The minimum absolute atomic E-state index is 0.0443. The van der Waals surface area contributed by atoms with Gasteiger partial charge >= 0.3 is 0 Å². The molecule has 0 radical (unpaired) electrons. The molecule has 0 saturated carbocycles. The van der Waals surface area contributed by atoms with Gasteiger partial charge in [0.1, 0.15) is 5.01 Å². The van der Waals surface area contributed by atoms with Crippen LogP contribution < -0.4 is 5.32 Å². The largest absolute Gasteiger partial charge is 0.352 e. The van der Waals surface area contributed by atoms with Gasteiger partial charge in [-0.25, -0.2) is 13.4 Å². The van der Waals surface area contributed by atoms with E-state index >= 15 is 0 Å². The van der Waals surface area contributed by atoms with Crippen molar-refractivity contribution in [3.05, 3.63) is 35.1 Å². The van der Waals surface area contributed by atoms with Gasteiger partial charge in [0.05, 0.1) is 23.6 Å². The van der Waals surface area contributed by atoms with Crippen LogP contribution in [0.5, 0.6) is 0 Å². The molecule has 0 aliphatic carbocycles. The lowest BCUT2D eigenvalue weighted by Crippen LogP contribution is -2.36. The first-order valence-corrected chi connectivity index (χ1v) is 9.93. The number of nitrogens with zero attached hydrogens (tertiary/aromatic N) is 2. The highest BCUT2D eigenvalue weighted by molar-refractivity contribution is 7.91. The highest BCUT2D eigenvalue weighted by atomic mass is 32.2. The zero-order valence-electron chi connectivity index (χ0n) is 12.7. The number of hydrogen-bond acceptors (Lipinski definition) is 6. The number of rotatable bonds is 4. The van der Waals surface area contributed by atoms with Crippen molar-refractivity contribution in [2.75, 3.05) is 11.5 Å². The number of aromatic nitrogens is 2. The topological polar surface area (TPSA) is 89.0 Å². The molecule has 2 aromatic rings. The van der Waals surface area contributed by atoms with Crippen molar-refractivity contribution in [2.45, 2.75) is 25.8 Å². The van der Waals surface area contributed by atoms with Crippen LogP contribution in [0.1, 0.15) is 17.0 Å². The molecule has 23 heavy (non-hydrogen) atoms. The molecular weight excluding hydrogens is 334 g/mol. The highest BCUT2D eigenvalue weighted by Crippen LogP contribution is 2.27. The Kier molecular flexibility index (Phi) is 4.45. The van der Waals surface area contributed by atoms with E-state index in [1.54, 1.807) is 12.4 Å². The molecule has 3 rings (SSSR count). The number of hydrogen-bond donors (Lipinski definition) is 1. The summed E-state index contributed by atoms with van der Waals surface area (Å²) < 4.78 is 22.9. The van der Waals surface area contributed by atoms with Crippen LogP contribution in [0.2, 0.25) is 0 Å². The number of amides is 1. The average molecular weight is 351 g/mol. The second kappa shape index (κ2) is 6.37. The summed E-state index contributed by atoms with van der Waals surface area (Å²) in [6.45, 7) is 1.88. The molecule has 1 atom stereocenters. The molecule has 1 fully saturated rings. The van der Waals surface area contributed by atoms with Gasteiger partial charge in [0.25, 0.3) is 0 Å². The molecule has 1 aliphatic heterocycles. The van der Waals surface area contributed by atoms with E-state index < -0.39 is 9.84 Å². The van der Waals surface area contributed by atoms with Gasteiger partial charge in [-0.15, -0.1) is 11.3 Å². The second-order valence-corrected chi connectivity index (χ2v) is 8.92. The molecule has 3 heterocycles. The van der Waals surface area contributed by atoms with Crippen LogP contribution in [0.3, 0.4) is 0 Å². The number of aryl methyl sites for hydroxylation is 1. The van der Waals surface area contributed by atoms with Crippen LogP contribution in [-0.2, 0) is 21.1 Å². The summed E-state index contributed by atoms with van der Waals surface area (Å²) in [6.07, 6.45) is 4.14.